The highest BCUT2D eigenvalue weighted by Crippen LogP contribution is 2.32. The Labute approximate surface area is 97.2 Å². The van der Waals surface area contributed by atoms with Gasteiger partial charge in [0.25, 0.3) is 0 Å². The molecule has 3 nitrogen and oxygen atoms in total. The first-order valence-electron chi connectivity index (χ1n) is 5.77. The first kappa shape index (κ1) is 11.0. The SMILES string of the molecule is CC(C)C(=N)N1CCN(C)c2ccccc21. The van der Waals surface area contributed by atoms with Crippen molar-refractivity contribution < 1.29 is 0 Å². The number of hydrogen-bond donors (Lipinski definition) is 1. The van der Waals surface area contributed by atoms with Gasteiger partial charge in [-0.25, -0.2) is 0 Å². The molecule has 16 heavy (non-hydrogen) atoms. The Balaban J connectivity index is 2.38. The summed E-state index contributed by atoms with van der Waals surface area (Å²) in [7, 11) is 2.11. The van der Waals surface area contributed by atoms with Gasteiger partial charge in [0, 0.05) is 26.1 Å². The average molecular weight is 217 g/mol. The number of hydrogen-bond acceptors (Lipinski definition) is 2. The van der Waals surface area contributed by atoms with Gasteiger partial charge in [-0.3, -0.25) is 5.41 Å². The average Bonchev–Trinajstić information content (AvgIpc) is 2.29. The number of nitrogens with one attached hydrogen (secondary N) is 1. The van der Waals surface area contributed by atoms with Gasteiger partial charge in [-0.15, -0.1) is 0 Å². The van der Waals surface area contributed by atoms with E-state index in [1.54, 1.807) is 0 Å². The maximum Gasteiger partial charge on any atom is 0.103 e. The number of anilines is 2. The molecule has 1 aromatic carbocycles. The van der Waals surface area contributed by atoms with Crippen molar-refractivity contribution in [2.24, 2.45) is 5.92 Å². The van der Waals surface area contributed by atoms with E-state index in [1.165, 1.54) is 5.69 Å². The largest absolute Gasteiger partial charge is 0.371 e. The van der Waals surface area contributed by atoms with Crippen molar-refractivity contribution in [2.75, 3.05) is 29.9 Å². The molecule has 0 amide bonds. The third-order valence-electron chi connectivity index (χ3n) is 3.08. The highest BCUT2D eigenvalue weighted by atomic mass is 15.3. The maximum absolute atomic E-state index is 8.14. The number of nitrogens with zero attached hydrogens (tertiary/aromatic N) is 2. The minimum atomic E-state index is 0.275. The maximum atomic E-state index is 8.14. The number of likely N-dealkylation sites (N-methyl/N-ethyl adjacent to an activating group) is 1. The summed E-state index contributed by atoms with van der Waals surface area (Å²) in [4.78, 5) is 4.37. The monoisotopic (exact) mass is 217 g/mol. The molecule has 86 valence electrons. The second-order valence-corrected chi connectivity index (χ2v) is 4.60. The van der Waals surface area contributed by atoms with E-state index < -0.39 is 0 Å². The number of rotatable bonds is 1. The van der Waals surface area contributed by atoms with E-state index >= 15 is 0 Å². The van der Waals surface area contributed by atoms with Crippen LogP contribution in [0.1, 0.15) is 13.8 Å². The molecule has 1 aliphatic rings. The summed E-state index contributed by atoms with van der Waals surface area (Å²) in [6.07, 6.45) is 0. The molecule has 0 unspecified atom stereocenters. The minimum Gasteiger partial charge on any atom is -0.371 e. The Bertz CT molecular complexity index is 398. The first-order valence-corrected chi connectivity index (χ1v) is 5.77. The fourth-order valence-electron chi connectivity index (χ4n) is 2.07. The lowest BCUT2D eigenvalue weighted by Gasteiger charge is -2.37. The van der Waals surface area contributed by atoms with Crippen molar-refractivity contribution in [3.8, 4) is 0 Å². The molecule has 0 bridgehead atoms. The van der Waals surface area contributed by atoms with Gasteiger partial charge in [-0.2, -0.15) is 0 Å². The predicted octanol–water partition coefficient (Wildman–Crippen LogP) is 2.58. The lowest BCUT2D eigenvalue weighted by Crippen LogP contribution is -2.44. The van der Waals surface area contributed by atoms with Crippen LogP contribution in [-0.2, 0) is 0 Å². The zero-order chi connectivity index (χ0) is 11.7. The van der Waals surface area contributed by atoms with Crippen LogP contribution in [0.25, 0.3) is 0 Å². The molecule has 0 saturated carbocycles. The van der Waals surface area contributed by atoms with Crippen LogP contribution in [-0.4, -0.2) is 26.0 Å². The Morgan fingerprint density at radius 3 is 2.44 bits per heavy atom. The Morgan fingerprint density at radius 1 is 1.19 bits per heavy atom. The van der Waals surface area contributed by atoms with Gasteiger partial charge in [-0.1, -0.05) is 26.0 Å². The summed E-state index contributed by atoms with van der Waals surface area (Å²) in [5, 5.41) is 8.14. The van der Waals surface area contributed by atoms with Crippen LogP contribution in [0, 0.1) is 11.3 Å². The second-order valence-electron chi connectivity index (χ2n) is 4.60. The van der Waals surface area contributed by atoms with Gasteiger partial charge in [0.05, 0.1) is 11.4 Å². The Kier molecular flexibility index (Phi) is 2.86. The summed E-state index contributed by atoms with van der Waals surface area (Å²) in [5.41, 5.74) is 2.38. The van der Waals surface area contributed by atoms with E-state index in [1.807, 2.05) is 6.07 Å². The van der Waals surface area contributed by atoms with E-state index in [9.17, 15) is 0 Å². The molecule has 1 aromatic rings. The van der Waals surface area contributed by atoms with E-state index in [-0.39, 0.29) is 5.92 Å². The fraction of sp³-hybridized carbons (Fsp3) is 0.462. The lowest BCUT2D eigenvalue weighted by molar-refractivity contribution is 0.780. The van der Waals surface area contributed by atoms with Crippen molar-refractivity contribution in [1.82, 2.24) is 0 Å². The molecule has 1 aliphatic heterocycles. The van der Waals surface area contributed by atoms with E-state index in [4.69, 9.17) is 5.41 Å². The zero-order valence-electron chi connectivity index (χ0n) is 10.2. The van der Waals surface area contributed by atoms with Crippen molar-refractivity contribution >= 4 is 17.2 Å². The Morgan fingerprint density at radius 2 is 1.81 bits per heavy atom. The number of fused-ring (bicyclic) bond motifs is 1. The minimum absolute atomic E-state index is 0.275. The van der Waals surface area contributed by atoms with Gasteiger partial charge in [0.2, 0.25) is 0 Å². The highest BCUT2D eigenvalue weighted by molar-refractivity contribution is 6.00. The molecule has 0 atom stereocenters. The number of amidine groups is 1. The lowest BCUT2D eigenvalue weighted by atomic mass is 10.1. The highest BCUT2D eigenvalue weighted by Gasteiger charge is 2.23. The smallest absolute Gasteiger partial charge is 0.103 e. The van der Waals surface area contributed by atoms with Crippen LogP contribution in [0.4, 0.5) is 11.4 Å². The van der Waals surface area contributed by atoms with Crippen molar-refractivity contribution in [3.05, 3.63) is 24.3 Å². The number of benzene rings is 1. The van der Waals surface area contributed by atoms with Crippen LogP contribution in [0.15, 0.2) is 24.3 Å². The van der Waals surface area contributed by atoms with Gasteiger partial charge < -0.3 is 9.80 Å². The first-order chi connectivity index (χ1) is 7.61. The van der Waals surface area contributed by atoms with Crippen molar-refractivity contribution in [2.45, 2.75) is 13.8 Å². The van der Waals surface area contributed by atoms with Crippen LogP contribution >= 0.6 is 0 Å². The predicted molar refractivity (Wildman–Crippen MR) is 69.6 cm³/mol. The molecule has 0 aromatic heterocycles. The van der Waals surface area contributed by atoms with Crippen molar-refractivity contribution in [3.63, 3.8) is 0 Å². The molecule has 0 aliphatic carbocycles. The topological polar surface area (TPSA) is 30.3 Å². The molecular weight excluding hydrogens is 198 g/mol. The number of para-hydroxylation sites is 2. The second kappa shape index (κ2) is 4.16. The third-order valence-corrected chi connectivity index (χ3v) is 3.08. The fourth-order valence-corrected chi connectivity index (χ4v) is 2.07. The van der Waals surface area contributed by atoms with E-state index in [2.05, 4.69) is 48.9 Å². The van der Waals surface area contributed by atoms with Gasteiger partial charge in [0.1, 0.15) is 5.84 Å². The zero-order valence-corrected chi connectivity index (χ0v) is 10.2. The third kappa shape index (κ3) is 1.77. The van der Waals surface area contributed by atoms with E-state index in [0.29, 0.717) is 5.84 Å². The summed E-state index contributed by atoms with van der Waals surface area (Å²) in [6, 6.07) is 8.31. The van der Waals surface area contributed by atoms with Crippen LogP contribution in [0.3, 0.4) is 0 Å². The summed E-state index contributed by atoms with van der Waals surface area (Å²) in [6.45, 7) is 6.03. The van der Waals surface area contributed by atoms with Gasteiger partial charge in [0.15, 0.2) is 0 Å². The summed E-state index contributed by atoms with van der Waals surface area (Å²) in [5.74, 6) is 0.983. The van der Waals surface area contributed by atoms with Gasteiger partial charge >= 0.3 is 0 Å². The summed E-state index contributed by atoms with van der Waals surface area (Å²) < 4.78 is 0. The molecule has 0 saturated heterocycles. The normalized spacial score (nSPS) is 15.2. The molecule has 2 rings (SSSR count). The van der Waals surface area contributed by atoms with Crippen LogP contribution in [0.5, 0.6) is 0 Å². The Hall–Kier alpha value is -1.51. The molecule has 0 fully saturated rings. The summed E-state index contributed by atoms with van der Waals surface area (Å²) >= 11 is 0. The standard InChI is InChI=1S/C13H19N3/c1-10(2)13(14)16-9-8-15(3)11-6-4-5-7-12(11)16/h4-7,10,14H,8-9H2,1-3H3. The molecular formula is C13H19N3. The molecule has 1 N–H and O–H groups in total. The molecule has 1 heterocycles. The molecule has 0 radical (unpaired) electrons. The van der Waals surface area contributed by atoms with E-state index in [0.717, 1.165) is 18.8 Å². The van der Waals surface area contributed by atoms with Crippen LogP contribution in [0.2, 0.25) is 0 Å². The molecule has 3 heteroatoms. The quantitative estimate of drug-likeness (QED) is 0.579. The molecule has 0 spiro atoms. The van der Waals surface area contributed by atoms with Crippen molar-refractivity contribution in [1.29, 1.82) is 5.41 Å². The van der Waals surface area contributed by atoms with Crippen LogP contribution < -0.4 is 9.80 Å². The van der Waals surface area contributed by atoms with Gasteiger partial charge in [-0.05, 0) is 12.1 Å².